The van der Waals surface area contributed by atoms with E-state index in [1.807, 2.05) is 0 Å². The smallest absolute Gasteiger partial charge is 0.323 e. The molecule has 2 aromatic carbocycles. The number of ketones is 1. The highest BCUT2D eigenvalue weighted by molar-refractivity contribution is 8.26. The number of rotatable bonds is 2. The number of primary amides is 1. The summed E-state index contributed by atoms with van der Waals surface area (Å²) >= 11 is 0. The van der Waals surface area contributed by atoms with Crippen LogP contribution in [0.2, 0.25) is 0 Å². The second-order valence-electron chi connectivity index (χ2n) is 5.05. The Morgan fingerprint density at radius 3 is 2.48 bits per heavy atom. The van der Waals surface area contributed by atoms with Gasteiger partial charge in [0.1, 0.15) is 5.75 Å². The molecule has 0 spiro atoms. The number of nitrogens with two attached hydrogens (primary N) is 1. The van der Waals surface area contributed by atoms with Crippen molar-refractivity contribution in [3.05, 3.63) is 54.1 Å². The molecule has 8 heteroatoms. The van der Waals surface area contributed by atoms with E-state index in [1.54, 1.807) is 48.5 Å². The molecule has 0 saturated carbocycles. The van der Waals surface area contributed by atoms with Crippen LogP contribution in [0.4, 0.5) is 21.9 Å². The van der Waals surface area contributed by atoms with Crippen LogP contribution >= 0.6 is 10.8 Å². The standard InChI is InChI=1S/C15H15N3O4S/c16-15(20)18(10-5-2-1-3-6-10)12-8-4-7-11-13(19)9-23(21,22)17-14(11)12/h1-8,17,21-22H,9H2,(H2,16,20). The third-order valence-electron chi connectivity index (χ3n) is 3.42. The van der Waals surface area contributed by atoms with E-state index < -0.39 is 28.3 Å². The molecule has 1 aliphatic heterocycles. The van der Waals surface area contributed by atoms with Crippen molar-refractivity contribution in [3.8, 4) is 0 Å². The lowest BCUT2D eigenvalue weighted by molar-refractivity contribution is 0.101. The first-order valence-electron chi connectivity index (χ1n) is 6.73. The highest BCUT2D eigenvalue weighted by atomic mass is 32.3. The fraction of sp³-hybridized carbons (Fsp3) is 0.0667. The average Bonchev–Trinajstić information content (AvgIpc) is 2.48. The van der Waals surface area contributed by atoms with Gasteiger partial charge in [0.15, 0.2) is 5.78 Å². The molecule has 1 heterocycles. The first-order chi connectivity index (χ1) is 10.9. The summed E-state index contributed by atoms with van der Waals surface area (Å²) in [6.07, 6.45) is 0. The van der Waals surface area contributed by atoms with Crippen LogP contribution in [-0.4, -0.2) is 26.7 Å². The molecule has 0 aromatic heterocycles. The number of benzene rings is 2. The van der Waals surface area contributed by atoms with Crippen molar-refractivity contribution in [3.63, 3.8) is 0 Å². The number of nitrogens with one attached hydrogen (secondary N) is 1. The van der Waals surface area contributed by atoms with Gasteiger partial charge in [-0.3, -0.25) is 23.5 Å². The van der Waals surface area contributed by atoms with Gasteiger partial charge < -0.3 is 5.73 Å². The Kier molecular flexibility index (Phi) is 3.72. The van der Waals surface area contributed by atoms with Crippen molar-refractivity contribution in [2.75, 3.05) is 15.4 Å². The average molecular weight is 333 g/mol. The summed E-state index contributed by atoms with van der Waals surface area (Å²) in [5.41, 5.74) is 6.76. The van der Waals surface area contributed by atoms with Crippen molar-refractivity contribution in [1.82, 2.24) is 0 Å². The van der Waals surface area contributed by atoms with Crippen LogP contribution in [0.25, 0.3) is 0 Å². The van der Waals surface area contributed by atoms with Gasteiger partial charge in [-0.1, -0.05) is 24.3 Å². The van der Waals surface area contributed by atoms with Crippen LogP contribution in [0.1, 0.15) is 10.4 Å². The monoisotopic (exact) mass is 333 g/mol. The molecule has 2 aromatic rings. The van der Waals surface area contributed by atoms with E-state index in [2.05, 4.69) is 4.72 Å². The summed E-state index contributed by atoms with van der Waals surface area (Å²) in [6.45, 7) is 0. The van der Waals surface area contributed by atoms with E-state index in [-0.39, 0.29) is 16.9 Å². The predicted octanol–water partition coefficient (Wildman–Crippen LogP) is 3.18. The van der Waals surface area contributed by atoms with E-state index in [0.29, 0.717) is 5.69 Å². The Hall–Kier alpha value is -2.55. The molecule has 0 atom stereocenters. The minimum absolute atomic E-state index is 0.186. The zero-order chi connectivity index (χ0) is 16.6. The van der Waals surface area contributed by atoms with Gasteiger partial charge in [0.25, 0.3) is 0 Å². The summed E-state index contributed by atoms with van der Waals surface area (Å²) in [7, 11) is -3.29. The fourth-order valence-corrected chi connectivity index (χ4v) is 3.62. The van der Waals surface area contributed by atoms with E-state index in [9.17, 15) is 18.7 Å². The highest BCUT2D eigenvalue weighted by Gasteiger charge is 2.32. The molecule has 0 fully saturated rings. The minimum atomic E-state index is -3.29. The molecule has 0 aliphatic carbocycles. The van der Waals surface area contributed by atoms with Crippen LogP contribution in [0.5, 0.6) is 0 Å². The molecule has 0 radical (unpaired) electrons. The van der Waals surface area contributed by atoms with Crippen LogP contribution < -0.4 is 15.4 Å². The number of nitrogens with zero attached hydrogens (tertiary/aromatic N) is 1. The summed E-state index contributed by atoms with van der Waals surface area (Å²) < 4.78 is 22.3. The second kappa shape index (κ2) is 5.58. The van der Waals surface area contributed by atoms with Crippen LogP contribution in [0, 0.1) is 0 Å². The number of carbonyl (C=O) groups excluding carboxylic acids is 2. The van der Waals surface area contributed by atoms with Crippen molar-refractivity contribution < 1.29 is 18.7 Å². The van der Waals surface area contributed by atoms with E-state index in [1.165, 1.54) is 4.90 Å². The lowest BCUT2D eigenvalue weighted by Gasteiger charge is -2.39. The number of carbonyl (C=O) groups is 2. The Morgan fingerprint density at radius 2 is 1.83 bits per heavy atom. The molecule has 23 heavy (non-hydrogen) atoms. The van der Waals surface area contributed by atoms with Gasteiger partial charge in [0, 0.05) is 5.56 Å². The van der Waals surface area contributed by atoms with Crippen molar-refractivity contribution in [2.24, 2.45) is 5.73 Å². The zero-order valence-electron chi connectivity index (χ0n) is 12.0. The van der Waals surface area contributed by atoms with Gasteiger partial charge in [-0.25, -0.2) is 4.79 Å². The third-order valence-corrected chi connectivity index (χ3v) is 4.61. The number of para-hydroxylation sites is 2. The number of hydrogen-bond acceptors (Lipinski definition) is 5. The van der Waals surface area contributed by atoms with Gasteiger partial charge in [-0.15, -0.1) is 10.8 Å². The first-order valence-corrected chi connectivity index (χ1v) is 8.45. The molecule has 5 N–H and O–H groups in total. The van der Waals surface area contributed by atoms with Gasteiger partial charge in [0.2, 0.25) is 0 Å². The lowest BCUT2D eigenvalue weighted by Crippen LogP contribution is -2.34. The maximum absolute atomic E-state index is 12.1. The van der Waals surface area contributed by atoms with Gasteiger partial charge >= 0.3 is 6.03 Å². The van der Waals surface area contributed by atoms with Crippen LogP contribution in [0.15, 0.2) is 48.5 Å². The second-order valence-corrected chi connectivity index (χ2v) is 6.87. The highest BCUT2D eigenvalue weighted by Crippen LogP contribution is 2.48. The topological polar surface area (TPSA) is 116 Å². The molecule has 120 valence electrons. The number of hydrogen-bond donors (Lipinski definition) is 4. The Morgan fingerprint density at radius 1 is 1.13 bits per heavy atom. The normalized spacial score (nSPS) is 16.9. The Labute approximate surface area is 134 Å². The maximum Gasteiger partial charge on any atom is 0.323 e. The molecular weight excluding hydrogens is 318 g/mol. The van der Waals surface area contributed by atoms with Crippen molar-refractivity contribution in [2.45, 2.75) is 0 Å². The largest absolute Gasteiger partial charge is 0.351 e. The number of amides is 2. The van der Waals surface area contributed by atoms with Gasteiger partial charge in [-0.2, -0.15) is 0 Å². The van der Waals surface area contributed by atoms with Crippen LogP contribution in [-0.2, 0) is 0 Å². The summed E-state index contributed by atoms with van der Waals surface area (Å²) in [6, 6.07) is 12.7. The number of Topliss-reactive ketones (excluding diaryl/α,β-unsaturated/α-hetero) is 1. The Bertz CT molecular complexity index is 780. The number of fused-ring (bicyclic) bond motifs is 1. The number of anilines is 3. The van der Waals surface area contributed by atoms with Gasteiger partial charge in [-0.05, 0) is 24.3 Å². The van der Waals surface area contributed by atoms with Crippen molar-refractivity contribution in [1.29, 1.82) is 0 Å². The molecule has 1 aliphatic rings. The summed E-state index contributed by atoms with van der Waals surface area (Å²) in [5.74, 6) is -0.802. The predicted molar refractivity (Wildman–Crippen MR) is 90.3 cm³/mol. The minimum Gasteiger partial charge on any atom is -0.351 e. The van der Waals surface area contributed by atoms with E-state index in [4.69, 9.17) is 5.73 Å². The molecule has 7 nitrogen and oxygen atoms in total. The Balaban J connectivity index is 2.18. The molecule has 2 amide bonds. The number of urea groups is 1. The van der Waals surface area contributed by atoms with E-state index in [0.717, 1.165) is 0 Å². The lowest BCUT2D eigenvalue weighted by atomic mass is 10.1. The third kappa shape index (κ3) is 2.87. The van der Waals surface area contributed by atoms with E-state index >= 15 is 0 Å². The summed E-state index contributed by atoms with van der Waals surface area (Å²) in [4.78, 5) is 25.3. The fourth-order valence-electron chi connectivity index (χ4n) is 2.49. The zero-order valence-corrected chi connectivity index (χ0v) is 12.8. The van der Waals surface area contributed by atoms with Crippen molar-refractivity contribution >= 4 is 39.7 Å². The van der Waals surface area contributed by atoms with Crippen LogP contribution in [0.3, 0.4) is 0 Å². The SMILES string of the molecule is NC(=O)N(c1ccccc1)c1cccc2c1NS(O)(O)CC2=O. The first kappa shape index (κ1) is 15.3. The molecule has 0 unspecified atom stereocenters. The molecule has 0 bridgehead atoms. The molecule has 3 rings (SSSR count). The maximum atomic E-state index is 12.1. The molecular formula is C15H15N3O4S. The molecule has 0 saturated heterocycles. The summed E-state index contributed by atoms with van der Waals surface area (Å²) in [5, 5.41) is 0. The quantitative estimate of drug-likeness (QED) is 0.673. The van der Waals surface area contributed by atoms with Gasteiger partial charge in [0.05, 0.1) is 17.1 Å².